The van der Waals surface area contributed by atoms with Gasteiger partial charge in [0.2, 0.25) is 0 Å². The van der Waals surface area contributed by atoms with Crippen LogP contribution in [0.1, 0.15) is 16.8 Å². The lowest BCUT2D eigenvalue weighted by Gasteiger charge is -2.19. The normalized spacial score (nSPS) is 10.8. The van der Waals surface area contributed by atoms with Gasteiger partial charge in [-0.2, -0.15) is 0 Å². The number of nitrogens with zero attached hydrogens (tertiary/aromatic N) is 2. The third-order valence-electron chi connectivity index (χ3n) is 2.60. The minimum atomic E-state index is 0.0687. The van der Waals surface area contributed by atoms with E-state index in [1.807, 2.05) is 39.3 Å². The van der Waals surface area contributed by atoms with Crippen molar-refractivity contribution >= 4 is 44.4 Å². The highest BCUT2D eigenvalue weighted by Gasteiger charge is 2.14. The molecule has 1 aromatic rings. The van der Waals surface area contributed by atoms with Gasteiger partial charge in [-0.15, -0.1) is 0 Å². The van der Waals surface area contributed by atoms with Gasteiger partial charge in [0.1, 0.15) is 0 Å². The summed E-state index contributed by atoms with van der Waals surface area (Å²) in [5, 5.41) is 0. The maximum Gasteiger partial charge on any atom is 0.254 e. The first-order chi connectivity index (χ1) is 8.41. The summed E-state index contributed by atoms with van der Waals surface area (Å²) >= 11 is 5.65. The number of benzene rings is 1. The second-order valence-corrected chi connectivity index (χ2v) is 6.61. The summed E-state index contributed by atoms with van der Waals surface area (Å²) in [4.78, 5) is 16.2. The summed E-state index contributed by atoms with van der Waals surface area (Å²) in [5.74, 6) is 0.0687. The third kappa shape index (κ3) is 4.85. The second-order valence-electron chi connectivity index (χ2n) is 4.51. The van der Waals surface area contributed by atoms with Gasteiger partial charge in [-0.25, -0.2) is 0 Å². The molecule has 18 heavy (non-hydrogen) atoms. The minimum absolute atomic E-state index is 0.0687. The molecule has 0 aliphatic rings. The Bertz CT molecular complexity index is 423. The molecule has 0 aliphatic heterocycles. The fourth-order valence-corrected chi connectivity index (χ4v) is 2.50. The molecule has 0 fully saturated rings. The number of carbonyl (C=O) groups is 1. The zero-order valence-corrected chi connectivity index (χ0v) is 14.7. The lowest BCUT2D eigenvalue weighted by atomic mass is 10.2. The minimum Gasteiger partial charge on any atom is -0.342 e. The maximum atomic E-state index is 12.3. The molecule has 1 aromatic carbocycles. The number of rotatable bonds is 5. The number of hydrogen-bond acceptors (Lipinski definition) is 2. The number of amides is 1. The molecule has 0 unspecified atom stereocenters. The lowest BCUT2D eigenvalue weighted by Crippen LogP contribution is -2.30. The number of carbonyl (C=O) groups excluding carboxylic acids is 1. The van der Waals surface area contributed by atoms with Crippen LogP contribution in [-0.4, -0.2) is 49.9 Å². The molecule has 0 saturated carbocycles. The molecular weight excluding hydrogens is 407 g/mol. The van der Waals surface area contributed by atoms with Crippen LogP contribution < -0.4 is 0 Å². The first-order valence-electron chi connectivity index (χ1n) is 5.77. The van der Waals surface area contributed by atoms with Gasteiger partial charge in [0, 0.05) is 21.6 Å². The Balaban J connectivity index is 2.65. The smallest absolute Gasteiger partial charge is 0.254 e. The van der Waals surface area contributed by atoms with E-state index in [2.05, 4.69) is 43.4 Å². The van der Waals surface area contributed by atoms with Crippen molar-refractivity contribution in [1.82, 2.24) is 9.80 Å². The highest BCUT2D eigenvalue weighted by molar-refractivity contribution is 14.1. The van der Waals surface area contributed by atoms with Gasteiger partial charge in [-0.05, 0) is 83.8 Å². The van der Waals surface area contributed by atoms with E-state index in [-0.39, 0.29) is 5.91 Å². The predicted octanol–water partition coefficient (Wildman–Crippen LogP) is 3.08. The second kappa shape index (κ2) is 7.45. The molecule has 0 atom stereocenters. The largest absolute Gasteiger partial charge is 0.342 e. The fourth-order valence-electron chi connectivity index (χ4n) is 1.59. The van der Waals surface area contributed by atoms with Gasteiger partial charge in [0.05, 0.1) is 5.56 Å². The molecule has 0 aliphatic carbocycles. The Morgan fingerprint density at radius 3 is 2.56 bits per heavy atom. The maximum absolute atomic E-state index is 12.3. The van der Waals surface area contributed by atoms with E-state index in [4.69, 9.17) is 0 Å². The van der Waals surface area contributed by atoms with Crippen molar-refractivity contribution in [2.45, 2.75) is 6.42 Å². The summed E-state index contributed by atoms with van der Waals surface area (Å²) in [5.41, 5.74) is 0.731. The molecule has 0 aromatic heterocycles. The lowest BCUT2D eigenvalue weighted by molar-refractivity contribution is 0.0789. The van der Waals surface area contributed by atoms with E-state index in [9.17, 15) is 4.79 Å². The van der Waals surface area contributed by atoms with E-state index in [1.165, 1.54) is 0 Å². The summed E-state index contributed by atoms with van der Waals surface area (Å²) in [6.07, 6.45) is 0.983. The van der Waals surface area contributed by atoms with Crippen LogP contribution in [0.4, 0.5) is 0 Å². The monoisotopic (exact) mass is 424 g/mol. The van der Waals surface area contributed by atoms with Crippen molar-refractivity contribution in [3.05, 3.63) is 31.8 Å². The third-order valence-corrected chi connectivity index (χ3v) is 3.97. The number of halogens is 2. The van der Waals surface area contributed by atoms with E-state index in [0.29, 0.717) is 0 Å². The van der Waals surface area contributed by atoms with Crippen LogP contribution in [0.25, 0.3) is 0 Å². The fraction of sp³-hybridized carbons (Fsp3) is 0.462. The Morgan fingerprint density at radius 2 is 1.94 bits per heavy atom. The molecule has 0 bridgehead atoms. The van der Waals surface area contributed by atoms with Gasteiger partial charge < -0.3 is 9.80 Å². The molecule has 0 saturated heterocycles. The van der Waals surface area contributed by atoms with Crippen LogP contribution in [0.5, 0.6) is 0 Å². The standard InChI is InChI=1S/C13H18BrIN2O/c1-16(2)7-4-8-17(3)13(18)11-9-10(15)5-6-12(11)14/h5-6,9H,4,7-8H2,1-3H3. The van der Waals surface area contributed by atoms with E-state index < -0.39 is 0 Å². The molecule has 100 valence electrons. The average Bonchev–Trinajstić information content (AvgIpc) is 2.30. The van der Waals surface area contributed by atoms with E-state index in [0.717, 1.165) is 33.1 Å². The van der Waals surface area contributed by atoms with E-state index >= 15 is 0 Å². The van der Waals surface area contributed by atoms with Crippen LogP contribution in [0, 0.1) is 3.57 Å². The average molecular weight is 425 g/mol. The quantitative estimate of drug-likeness (QED) is 0.678. The molecule has 0 radical (unpaired) electrons. The summed E-state index contributed by atoms with van der Waals surface area (Å²) in [6.45, 7) is 1.76. The predicted molar refractivity (Wildman–Crippen MR) is 87.0 cm³/mol. The highest BCUT2D eigenvalue weighted by Crippen LogP contribution is 2.20. The molecule has 0 heterocycles. The summed E-state index contributed by atoms with van der Waals surface area (Å²) < 4.78 is 1.92. The number of hydrogen-bond donors (Lipinski definition) is 0. The van der Waals surface area contributed by atoms with Gasteiger partial charge >= 0.3 is 0 Å². The Morgan fingerprint density at radius 1 is 1.28 bits per heavy atom. The van der Waals surface area contributed by atoms with Crippen LogP contribution in [0.2, 0.25) is 0 Å². The molecular formula is C13H18BrIN2O. The molecule has 1 rings (SSSR count). The van der Waals surface area contributed by atoms with Crippen molar-refractivity contribution in [3.8, 4) is 0 Å². The zero-order chi connectivity index (χ0) is 13.7. The van der Waals surface area contributed by atoms with Crippen LogP contribution >= 0.6 is 38.5 Å². The van der Waals surface area contributed by atoms with Crippen molar-refractivity contribution in [2.75, 3.05) is 34.2 Å². The Kier molecular flexibility index (Phi) is 6.59. The van der Waals surface area contributed by atoms with Crippen molar-refractivity contribution in [2.24, 2.45) is 0 Å². The Labute approximate surface area is 131 Å². The highest BCUT2D eigenvalue weighted by atomic mass is 127. The molecule has 1 amide bonds. The zero-order valence-electron chi connectivity index (χ0n) is 10.9. The van der Waals surface area contributed by atoms with Gasteiger partial charge in [-0.3, -0.25) is 4.79 Å². The van der Waals surface area contributed by atoms with Gasteiger partial charge in [0.25, 0.3) is 5.91 Å². The molecule has 5 heteroatoms. The molecule has 0 spiro atoms. The molecule has 0 N–H and O–H groups in total. The SMILES string of the molecule is CN(C)CCCN(C)C(=O)c1cc(I)ccc1Br. The van der Waals surface area contributed by atoms with Gasteiger partial charge in [0.15, 0.2) is 0 Å². The molecule has 3 nitrogen and oxygen atoms in total. The summed E-state index contributed by atoms with van der Waals surface area (Å²) in [7, 11) is 5.93. The van der Waals surface area contributed by atoms with Crippen LogP contribution in [0.3, 0.4) is 0 Å². The van der Waals surface area contributed by atoms with E-state index in [1.54, 1.807) is 4.90 Å². The van der Waals surface area contributed by atoms with Crippen molar-refractivity contribution < 1.29 is 4.79 Å². The van der Waals surface area contributed by atoms with Crippen molar-refractivity contribution in [3.63, 3.8) is 0 Å². The van der Waals surface area contributed by atoms with Crippen LogP contribution in [-0.2, 0) is 0 Å². The summed E-state index contributed by atoms with van der Waals surface area (Å²) in [6, 6.07) is 5.81. The Hall–Kier alpha value is -0.140. The van der Waals surface area contributed by atoms with Crippen LogP contribution in [0.15, 0.2) is 22.7 Å². The van der Waals surface area contributed by atoms with Gasteiger partial charge in [-0.1, -0.05) is 0 Å². The first kappa shape index (κ1) is 15.9. The first-order valence-corrected chi connectivity index (χ1v) is 7.64. The van der Waals surface area contributed by atoms with Crippen molar-refractivity contribution in [1.29, 1.82) is 0 Å². The topological polar surface area (TPSA) is 23.6 Å².